The Labute approximate surface area is 116 Å². The van der Waals surface area contributed by atoms with Crippen LogP contribution in [0.25, 0.3) is 0 Å². The normalized spacial score (nSPS) is 13.3. The average Bonchev–Trinajstić information content (AvgIpc) is 2.43. The molecule has 0 spiro atoms. The van der Waals surface area contributed by atoms with Gasteiger partial charge in [-0.05, 0) is 23.8 Å². The summed E-state index contributed by atoms with van der Waals surface area (Å²) in [7, 11) is 0. The summed E-state index contributed by atoms with van der Waals surface area (Å²) in [5, 5.41) is 0. The van der Waals surface area contributed by atoms with Crippen molar-refractivity contribution in [2.24, 2.45) is 5.73 Å². The van der Waals surface area contributed by atoms with Crippen LogP contribution in [-0.4, -0.2) is 0 Å². The first-order valence-electron chi connectivity index (χ1n) is 5.78. The van der Waals surface area contributed by atoms with Gasteiger partial charge in [0, 0.05) is 5.56 Å². The van der Waals surface area contributed by atoms with Gasteiger partial charge in [0.15, 0.2) is 17.5 Å². The van der Waals surface area contributed by atoms with E-state index in [1.165, 1.54) is 0 Å². The minimum atomic E-state index is -4.50. The zero-order valence-corrected chi connectivity index (χ0v) is 10.4. The van der Waals surface area contributed by atoms with Gasteiger partial charge in [0.1, 0.15) is 0 Å². The Morgan fingerprint density at radius 3 is 1.90 bits per heavy atom. The lowest BCUT2D eigenvalue weighted by Crippen LogP contribution is -2.15. The Morgan fingerprint density at radius 1 is 0.810 bits per heavy atom. The molecule has 0 saturated carbocycles. The highest BCUT2D eigenvalue weighted by molar-refractivity contribution is 5.35. The number of alkyl halides is 3. The topological polar surface area (TPSA) is 26.0 Å². The van der Waals surface area contributed by atoms with Gasteiger partial charge in [0.25, 0.3) is 0 Å². The summed E-state index contributed by atoms with van der Waals surface area (Å²) < 4.78 is 76.8. The van der Waals surface area contributed by atoms with Crippen molar-refractivity contribution < 1.29 is 26.3 Å². The van der Waals surface area contributed by atoms with E-state index in [0.717, 1.165) is 30.3 Å². The average molecular weight is 305 g/mol. The highest BCUT2D eigenvalue weighted by Gasteiger charge is 2.30. The van der Waals surface area contributed by atoms with Crippen LogP contribution >= 0.6 is 0 Å². The molecule has 0 fully saturated rings. The van der Waals surface area contributed by atoms with Gasteiger partial charge >= 0.3 is 6.18 Å². The van der Waals surface area contributed by atoms with Crippen LogP contribution < -0.4 is 5.73 Å². The number of halogens is 6. The highest BCUT2D eigenvalue weighted by atomic mass is 19.4. The molecule has 1 atom stereocenters. The minimum absolute atomic E-state index is 0.146. The third kappa shape index (κ3) is 3.02. The lowest BCUT2D eigenvalue weighted by atomic mass is 9.98. The lowest BCUT2D eigenvalue weighted by molar-refractivity contribution is -0.137. The van der Waals surface area contributed by atoms with Crippen molar-refractivity contribution in [1.29, 1.82) is 0 Å². The number of nitrogens with two attached hydrogens (primary N) is 1. The fraction of sp³-hybridized carbons (Fsp3) is 0.143. The van der Waals surface area contributed by atoms with Gasteiger partial charge in [-0.3, -0.25) is 0 Å². The van der Waals surface area contributed by atoms with Crippen LogP contribution in [0.2, 0.25) is 0 Å². The first-order chi connectivity index (χ1) is 9.71. The van der Waals surface area contributed by atoms with Gasteiger partial charge in [-0.1, -0.05) is 18.2 Å². The molecule has 0 radical (unpaired) electrons. The molecule has 2 aromatic rings. The van der Waals surface area contributed by atoms with E-state index in [2.05, 4.69) is 0 Å². The van der Waals surface area contributed by atoms with Gasteiger partial charge in [0.2, 0.25) is 0 Å². The van der Waals surface area contributed by atoms with E-state index in [0.29, 0.717) is 6.07 Å². The Kier molecular flexibility index (Phi) is 3.95. The highest BCUT2D eigenvalue weighted by Crippen LogP contribution is 2.31. The van der Waals surface area contributed by atoms with Crippen LogP contribution in [-0.2, 0) is 6.18 Å². The molecule has 1 unspecified atom stereocenters. The van der Waals surface area contributed by atoms with E-state index < -0.39 is 35.2 Å². The van der Waals surface area contributed by atoms with Gasteiger partial charge in [-0.2, -0.15) is 13.2 Å². The second-order valence-corrected chi connectivity index (χ2v) is 4.36. The molecule has 0 aliphatic rings. The maximum atomic E-state index is 13.6. The van der Waals surface area contributed by atoms with E-state index in [1.54, 1.807) is 0 Å². The van der Waals surface area contributed by atoms with Crippen molar-refractivity contribution in [1.82, 2.24) is 0 Å². The molecule has 0 heterocycles. The molecular formula is C14H9F6N. The number of hydrogen-bond donors (Lipinski definition) is 1. The molecule has 0 aliphatic carbocycles. The molecular weight excluding hydrogens is 296 g/mol. The minimum Gasteiger partial charge on any atom is -0.320 e. The summed E-state index contributed by atoms with van der Waals surface area (Å²) in [4.78, 5) is 0. The predicted octanol–water partition coefficient (Wildman–Crippen LogP) is 4.17. The summed E-state index contributed by atoms with van der Waals surface area (Å²) >= 11 is 0. The third-order valence-corrected chi connectivity index (χ3v) is 3.00. The molecule has 112 valence electrons. The second-order valence-electron chi connectivity index (χ2n) is 4.36. The second kappa shape index (κ2) is 5.40. The molecule has 21 heavy (non-hydrogen) atoms. The van der Waals surface area contributed by atoms with Crippen molar-refractivity contribution in [2.45, 2.75) is 12.2 Å². The number of hydrogen-bond acceptors (Lipinski definition) is 1. The fourth-order valence-corrected chi connectivity index (χ4v) is 1.84. The van der Waals surface area contributed by atoms with Gasteiger partial charge in [-0.25, -0.2) is 13.2 Å². The van der Waals surface area contributed by atoms with Crippen LogP contribution in [0.15, 0.2) is 36.4 Å². The van der Waals surface area contributed by atoms with E-state index in [-0.39, 0.29) is 11.1 Å². The molecule has 0 aliphatic heterocycles. The van der Waals surface area contributed by atoms with Crippen molar-refractivity contribution >= 4 is 0 Å². The Hall–Kier alpha value is -2.02. The van der Waals surface area contributed by atoms with Crippen LogP contribution in [0.5, 0.6) is 0 Å². The standard InChI is InChI=1S/C14H9F6N/c15-10-6-5-9(11(16)12(10)17)13(21)7-1-3-8(4-2-7)14(18,19)20/h1-6,13H,21H2. The Bertz CT molecular complexity index is 648. The zero-order chi connectivity index (χ0) is 15.8. The summed E-state index contributed by atoms with van der Waals surface area (Å²) in [5.41, 5.74) is 4.61. The maximum absolute atomic E-state index is 13.6. The summed E-state index contributed by atoms with van der Waals surface area (Å²) in [6, 6.07) is 4.15. The van der Waals surface area contributed by atoms with Gasteiger partial charge < -0.3 is 5.73 Å². The molecule has 2 aromatic carbocycles. The Balaban J connectivity index is 2.37. The number of rotatable bonds is 2. The molecule has 2 rings (SSSR count). The van der Waals surface area contributed by atoms with Gasteiger partial charge in [-0.15, -0.1) is 0 Å². The quantitative estimate of drug-likeness (QED) is 0.654. The third-order valence-electron chi connectivity index (χ3n) is 3.00. The summed E-state index contributed by atoms with van der Waals surface area (Å²) in [5.74, 6) is -4.49. The Morgan fingerprint density at radius 2 is 1.38 bits per heavy atom. The zero-order valence-electron chi connectivity index (χ0n) is 10.4. The van der Waals surface area contributed by atoms with E-state index in [9.17, 15) is 26.3 Å². The summed E-state index contributed by atoms with van der Waals surface area (Å²) in [6.45, 7) is 0. The van der Waals surface area contributed by atoms with Gasteiger partial charge in [0.05, 0.1) is 11.6 Å². The SMILES string of the molecule is NC(c1ccc(C(F)(F)F)cc1)c1ccc(F)c(F)c1F. The molecule has 0 bridgehead atoms. The number of benzene rings is 2. The van der Waals surface area contributed by atoms with Crippen LogP contribution in [0.4, 0.5) is 26.3 Å². The fourth-order valence-electron chi connectivity index (χ4n) is 1.84. The smallest absolute Gasteiger partial charge is 0.320 e. The first kappa shape index (κ1) is 15.4. The molecule has 7 heteroatoms. The molecule has 1 nitrogen and oxygen atoms in total. The molecule has 0 aromatic heterocycles. The van der Waals surface area contributed by atoms with E-state index in [4.69, 9.17) is 5.73 Å². The van der Waals surface area contributed by atoms with Crippen LogP contribution in [0, 0.1) is 17.5 Å². The van der Waals surface area contributed by atoms with Crippen LogP contribution in [0.1, 0.15) is 22.7 Å². The summed E-state index contributed by atoms with van der Waals surface area (Å²) in [6.07, 6.45) is -4.50. The van der Waals surface area contributed by atoms with E-state index >= 15 is 0 Å². The molecule has 0 saturated heterocycles. The first-order valence-corrected chi connectivity index (χ1v) is 5.78. The van der Waals surface area contributed by atoms with E-state index in [1.807, 2.05) is 0 Å². The maximum Gasteiger partial charge on any atom is 0.416 e. The lowest BCUT2D eigenvalue weighted by Gasteiger charge is -2.15. The largest absolute Gasteiger partial charge is 0.416 e. The molecule has 0 amide bonds. The van der Waals surface area contributed by atoms with Crippen LogP contribution in [0.3, 0.4) is 0 Å². The van der Waals surface area contributed by atoms with Crippen molar-refractivity contribution in [3.8, 4) is 0 Å². The molecule has 2 N–H and O–H groups in total. The van der Waals surface area contributed by atoms with Crippen molar-refractivity contribution in [3.63, 3.8) is 0 Å². The van der Waals surface area contributed by atoms with Crippen molar-refractivity contribution in [2.75, 3.05) is 0 Å². The van der Waals surface area contributed by atoms with Crippen molar-refractivity contribution in [3.05, 3.63) is 70.5 Å². The predicted molar refractivity (Wildman–Crippen MR) is 63.8 cm³/mol. The monoisotopic (exact) mass is 305 g/mol.